The van der Waals surface area contributed by atoms with Gasteiger partial charge in [0.2, 0.25) is 0 Å². The number of halogens is 2. The monoisotopic (exact) mass is 259 g/mol. The highest BCUT2D eigenvalue weighted by Gasteiger charge is 2.19. The Morgan fingerprint density at radius 3 is 2.46 bits per heavy atom. The van der Waals surface area contributed by atoms with Crippen LogP contribution in [0.2, 0.25) is 0 Å². The van der Waals surface area contributed by atoms with E-state index in [2.05, 4.69) is 22.0 Å². The van der Waals surface area contributed by atoms with Crippen molar-refractivity contribution in [3.05, 3.63) is 34.3 Å². The molecule has 0 unspecified atom stereocenters. The molecular weight excluding hydrogens is 249 g/mol. The summed E-state index contributed by atoms with van der Waals surface area (Å²) in [4.78, 5) is 0. The van der Waals surface area contributed by atoms with Crippen LogP contribution in [0, 0.1) is 11.3 Å². The van der Waals surface area contributed by atoms with E-state index in [9.17, 15) is 0 Å². The summed E-state index contributed by atoms with van der Waals surface area (Å²) in [7, 11) is 0. The van der Waals surface area contributed by atoms with Crippen molar-refractivity contribution >= 4 is 28.3 Å². The lowest BCUT2D eigenvalue weighted by atomic mass is 9.87. The van der Waals surface area contributed by atoms with Gasteiger partial charge in [-0.3, -0.25) is 0 Å². The van der Waals surface area contributed by atoms with Gasteiger partial charge in [-0.1, -0.05) is 28.1 Å². The van der Waals surface area contributed by atoms with Crippen LogP contribution >= 0.6 is 28.3 Å². The van der Waals surface area contributed by atoms with Crippen LogP contribution in [-0.4, -0.2) is 0 Å². The molecule has 0 saturated carbocycles. The molecule has 1 rings (SSSR count). The van der Waals surface area contributed by atoms with Crippen LogP contribution < -0.4 is 0 Å². The summed E-state index contributed by atoms with van der Waals surface area (Å²) >= 11 is 3.37. The van der Waals surface area contributed by atoms with Gasteiger partial charge in [0, 0.05) is 4.47 Å². The summed E-state index contributed by atoms with van der Waals surface area (Å²) in [5.74, 6) is 0. The SMILES string of the molecule is CC(C)(C#N)c1cccc(Br)c1.Cl. The predicted molar refractivity (Wildman–Crippen MR) is 60.0 cm³/mol. The number of benzene rings is 1. The van der Waals surface area contributed by atoms with Crippen LogP contribution in [0.25, 0.3) is 0 Å². The van der Waals surface area contributed by atoms with E-state index in [1.54, 1.807) is 0 Å². The zero-order chi connectivity index (χ0) is 9.19. The van der Waals surface area contributed by atoms with Crippen molar-refractivity contribution in [1.82, 2.24) is 0 Å². The Morgan fingerprint density at radius 2 is 2.00 bits per heavy atom. The van der Waals surface area contributed by atoms with Crippen molar-refractivity contribution in [2.45, 2.75) is 19.3 Å². The van der Waals surface area contributed by atoms with Gasteiger partial charge >= 0.3 is 0 Å². The largest absolute Gasteiger partial charge is 0.197 e. The molecule has 0 atom stereocenters. The van der Waals surface area contributed by atoms with E-state index in [-0.39, 0.29) is 12.4 Å². The highest BCUT2D eigenvalue weighted by molar-refractivity contribution is 9.10. The van der Waals surface area contributed by atoms with E-state index < -0.39 is 5.41 Å². The van der Waals surface area contributed by atoms with Gasteiger partial charge in [-0.15, -0.1) is 12.4 Å². The van der Waals surface area contributed by atoms with Gasteiger partial charge in [0.15, 0.2) is 0 Å². The lowest BCUT2D eigenvalue weighted by molar-refractivity contribution is 0.686. The molecule has 0 radical (unpaired) electrons. The number of hydrogen-bond acceptors (Lipinski definition) is 1. The van der Waals surface area contributed by atoms with Gasteiger partial charge in [0.25, 0.3) is 0 Å². The maximum Gasteiger partial charge on any atom is 0.0766 e. The summed E-state index contributed by atoms with van der Waals surface area (Å²) in [5, 5.41) is 8.87. The quantitative estimate of drug-likeness (QED) is 0.756. The van der Waals surface area contributed by atoms with E-state index in [0.29, 0.717) is 0 Å². The standard InChI is InChI=1S/C10H10BrN.ClH/c1-10(2,7-12)8-4-3-5-9(11)6-8;/h3-6H,1-2H3;1H. The minimum atomic E-state index is -0.399. The third-order valence-corrected chi connectivity index (χ3v) is 2.32. The second kappa shape index (κ2) is 4.64. The van der Waals surface area contributed by atoms with Crippen LogP contribution in [-0.2, 0) is 5.41 Å². The maximum atomic E-state index is 8.87. The van der Waals surface area contributed by atoms with Crippen LogP contribution in [0.4, 0.5) is 0 Å². The van der Waals surface area contributed by atoms with Gasteiger partial charge < -0.3 is 0 Å². The number of rotatable bonds is 1. The fraction of sp³-hybridized carbons (Fsp3) is 0.300. The zero-order valence-corrected chi connectivity index (χ0v) is 9.95. The number of nitriles is 1. The summed E-state index contributed by atoms with van der Waals surface area (Å²) < 4.78 is 1.02. The number of nitrogens with zero attached hydrogens (tertiary/aromatic N) is 1. The fourth-order valence-corrected chi connectivity index (χ4v) is 1.34. The van der Waals surface area contributed by atoms with Crippen LogP contribution in [0.15, 0.2) is 28.7 Å². The summed E-state index contributed by atoms with van der Waals surface area (Å²) in [6.07, 6.45) is 0. The van der Waals surface area contributed by atoms with E-state index in [4.69, 9.17) is 5.26 Å². The molecule has 1 aromatic carbocycles. The average molecular weight is 261 g/mol. The lowest BCUT2D eigenvalue weighted by Gasteiger charge is -2.15. The first kappa shape index (κ1) is 12.5. The predicted octanol–water partition coefficient (Wildman–Crippen LogP) is 3.67. The van der Waals surface area contributed by atoms with Crippen LogP contribution in [0.1, 0.15) is 19.4 Å². The zero-order valence-electron chi connectivity index (χ0n) is 7.54. The normalized spacial score (nSPS) is 10.0. The average Bonchev–Trinajstić information content (AvgIpc) is 2.05. The molecule has 3 heteroatoms. The maximum absolute atomic E-state index is 8.87. The first-order chi connectivity index (χ1) is 5.56. The van der Waals surface area contributed by atoms with Crippen molar-refractivity contribution in [3.63, 3.8) is 0 Å². The molecule has 0 spiro atoms. The molecule has 0 aromatic heterocycles. The van der Waals surface area contributed by atoms with E-state index in [1.165, 1.54) is 0 Å². The molecule has 0 aliphatic rings. The molecule has 0 fully saturated rings. The highest BCUT2D eigenvalue weighted by atomic mass is 79.9. The Hall–Kier alpha value is -0.520. The Balaban J connectivity index is 0.00000144. The minimum Gasteiger partial charge on any atom is -0.197 e. The van der Waals surface area contributed by atoms with Crippen LogP contribution in [0.5, 0.6) is 0 Å². The van der Waals surface area contributed by atoms with Crippen molar-refractivity contribution in [1.29, 1.82) is 5.26 Å². The molecular formula is C10H11BrClN. The molecule has 0 saturated heterocycles. The molecule has 0 amide bonds. The molecule has 0 heterocycles. The second-order valence-electron chi connectivity index (χ2n) is 3.25. The fourth-order valence-electron chi connectivity index (χ4n) is 0.942. The third kappa shape index (κ3) is 3.02. The van der Waals surface area contributed by atoms with Crippen LogP contribution in [0.3, 0.4) is 0 Å². The molecule has 0 N–H and O–H groups in total. The van der Waals surface area contributed by atoms with Gasteiger partial charge in [-0.2, -0.15) is 5.26 Å². The Morgan fingerprint density at radius 1 is 1.38 bits per heavy atom. The van der Waals surface area contributed by atoms with Crippen molar-refractivity contribution in [2.24, 2.45) is 0 Å². The molecule has 0 aliphatic carbocycles. The Kier molecular flexibility index (Phi) is 4.46. The first-order valence-electron chi connectivity index (χ1n) is 3.73. The molecule has 0 aliphatic heterocycles. The third-order valence-electron chi connectivity index (χ3n) is 1.83. The second-order valence-corrected chi connectivity index (χ2v) is 4.16. The first-order valence-corrected chi connectivity index (χ1v) is 4.53. The highest BCUT2D eigenvalue weighted by Crippen LogP contribution is 2.24. The Bertz CT molecular complexity index is 328. The van der Waals surface area contributed by atoms with E-state index in [0.717, 1.165) is 10.0 Å². The van der Waals surface area contributed by atoms with Gasteiger partial charge in [0.1, 0.15) is 0 Å². The van der Waals surface area contributed by atoms with Gasteiger partial charge in [-0.25, -0.2) is 0 Å². The Labute approximate surface area is 93.3 Å². The van der Waals surface area contributed by atoms with E-state index >= 15 is 0 Å². The minimum absolute atomic E-state index is 0. The lowest BCUT2D eigenvalue weighted by Crippen LogP contribution is -2.13. The smallest absolute Gasteiger partial charge is 0.0766 e. The molecule has 1 aromatic rings. The van der Waals surface area contributed by atoms with Crippen molar-refractivity contribution in [3.8, 4) is 6.07 Å². The summed E-state index contributed by atoms with van der Waals surface area (Å²) in [6, 6.07) is 10.1. The molecule has 13 heavy (non-hydrogen) atoms. The van der Waals surface area contributed by atoms with Crippen molar-refractivity contribution < 1.29 is 0 Å². The van der Waals surface area contributed by atoms with Crippen molar-refractivity contribution in [2.75, 3.05) is 0 Å². The topological polar surface area (TPSA) is 23.8 Å². The molecule has 70 valence electrons. The summed E-state index contributed by atoms with van der Waals surface area (Å²) in [6.45, 7) is 3.82. The van der Waals surface area contributed by atoms with Gasteiger partial charge in [-0.05, 0) is 31.5 Å². The van der Waals surface area contributed by atoms with Gasteiger partial charge in [0.05, 0.1) is 11.5 Å². The van der Waals surface area contributed by atoms with E-state index in [1.807, 2.05) is 38.1 Å². The number of hydrogen-bond donors (Lipinski definition) is 0. The molecule has 1 nitrogen and oxygen atoms in total. The molecule has 0 bridgehead atoms. The summed E-state index contributed by atoms with van der Waals surface area (Å²) in [5.41, 5.74) is 0.642.